The molecule has 4 atom stereocenters. The molecule has 1 saturated carbocycles. The topological polar surface area (TPSA) is 90.9 Å². The predicted molar refractivity (Wildman–Crippen MR) is 118 cm³/mol. The maximum Gasteiger partial charge on any atom is 0.296 e. The van der Waals surface area contributed by atoms with E-state index in [4.69, 9.17) is 25.8 Å². The zero-order valence-electron chi connectivity index (χ0n) is 17.8. The summed E-state index contributed by atoms with van der Waals surface area (Å²) < 4.78 is 17.3. The van der Waals surface area contributed by atoms with Crippen LogP contribution >= 0.6 is 22.9 Å². The molecular formula is C22H22ClN3O5S. The summed E-state index contributed by atoms with van der Waals surface area (Å²) in [5.41, 5.74) is 0.938. The van der Waals surface area contributed by atoms with Crippen LogP contribution in [-0.2, 0) is 14.3 Å². The van der Waals surface area contributed by atoms with E-state index in [2.05, 4.69) is 10.2 Å². The Balaban J connectivity index is 1.70. The Hall–Kier alpha value is -2.65. The van der Waals surface area contributed by atoms with Crippen molar-refractivity contribution >= 4 is 39.8 Å². The minimum Gasteiger partial charge on any atom is -0.493 e. The number of halogens is 1. The lowest BCUT2D eigenvalue weighted by Gasteiger charge is -2.37. The SMILES string of the molecule is COc1cccc(C2C3=C(OC4CCC(Cl)CC4C3=O)C(=O)N2c2nnc(C)s2)c1OC. The first-order valence-corrected chi connectivity index (χ1v) is 11.6. The molecule has 3 aliphatic rings. The fourth-order valence-electron chi connectivity index (χ4n) is 4.82. The molecule has 0 bridgehead atoms. The van der Waals surface area contributed by atoms with Crippen LogP contribution in [0.3, 0.4) is 0 Å². The summed E-state index contributed by atoms with van der Waals surface area (Å²) in [6.45, 7) is 1.81. The van der Waals surface area contributed by atoms with E-state index in [0.717, 1.165) is 6.42 Å². The van der Waals surface area contributed by atoms with Gasteiger partial charge in [-0.15, -0.1) is 21.8 Å². The number of carbonyl (C=O) groups excluding carboxylic acids is 2. The molecule has 8 nitrogen and oxygen atoms in total. The molecule has 168 valence electrons. The van der Waals surface area contributed by atoms with Gasteiger partial charge < -0.3 is 14.2 Å². The molecule has 1 aromatic carbocycles. The van der Waals surface area contributed by atoms with Gasteiger partial charge in [0, 0.05) is 10.9 Å². The van der Waals surface area contributed by atoms with Crippen LogP contribution in [0, 0.1) is 12.8 Å². The minimum atomic E-state index is -0.765. The number of nitrogens with zero attached hydrogens (tertiary/aromatic N) is 3. The van der Waals surface area contributed by atoms with Gasteiger partial charge in [0.15, 0.2) is 23.0 Å². The summed E-state index contributed by atoms with van der Waals surface area (Å²) in [6, 6.07) is 4.62. The third-order valence-corrected chi connectivity index (χ3v) is 7.47. The largest absolute Gasteiger partial charge is 0.493 e. The molecular weight excluding hydrogens is 454 g/mol. The van der Waals surface area contributed by atoms with Crippen LogP contribution in [0.1, 0.15) is 35.9 Å². The van der Waals surface area contributed by atoms with Gasteiger partial charge in [-0.3, -0.25) is 14.5 Å². The van der Waals surface area contributed by atoms with Crippen molar-refractivity contribution in [3.8, 4) is 11.5 Å². The smallest absolute Gasteiger partial charge is 0.296 e. The van der Waals surface area contributed by atoms with Gasteiger partial charge in [0.25, 0.3) is 5.91 Å². The molecule has 1 aromatic heterocycles. The Morgan fingerprint density at radius 1 is 1.19 bits per heavy atom. The summed E-state index contributed by atoms with van der Waals surface area (Å²) in [6.07, 6.45) is 1.57. The summed E-state index contributed by atoms with van der Waals surface area (Å²) in [5.74, 6) is 0.154. The van der Waals surface area contributed by atoms with Crippen molar-refractivity contribution in [2.75, 3.05) is 19.1 Å². The van der Waals surface area contributed by atoms with Crippen molar-refractivity contribution in [2.45, 2.75) is 43.7 Å². The lowest BCUT2D eigenvalue weighted by molar-refractivity contribution is -0.131. The number of aromatic nitrogens is 2. The fourth-order valence-corrected chi connectivity index (χ4v) is 5.85. The van der Waals surface area contributed by atoms with Crippen LogP contribution in [0.2, 0.25) is 0 Å². The van der Waals surface area contributed by atoms with Gasteiger partial charge in [-0.25, -0.2) is 0 Å². The van der Waals surface area contributed by atoms with Crippen molar-refractivity contribution in [2.24, 2.45) is 5.92 Å². The van der Waals surface area contributed by atoms with Gasteiger partial charge in [-0.2, -0.15) is 0 Å². The molecule has 1 aliphatic carbocycles. The maximum atomic E-state index is 13.8. The van der Waals surface area contributed by atoms with Gasteiger partial charge in [0.1, 0.15) is 17.2 Å². The maximum absolute atomic E-state index is 13.8. The molecule has 4 unspecified atom stereocenters. The number of aryl methyl sites for hydroxylation is 1. The normalized spacial score (nSPS) is 27.2. The Morgan fingerprint density at radius 2 is 2.00 bits per heavy atom. The molecule has 3 heterocycles. The van der Waals surface area contributed by atoms with E-state index < -0.39 is 11.9 Å². The second-order valence-corrected chi connectivity index (χ2v) is 9.82. The molecule has 1 amide bonds. The number of Topliss-reactive ketones (excluding diaryl/α,β-unsaturated/α-hetero) is 1. The van der Waals surface area contributed by atoms with Gasteiger partial charge in [-0.1, -0.05) is 23.5 Å². The number of carbonyl (C=O) groups is 2. The van der Waals surface area contributed by atoms with E-state index in [-0.39, 0.29) is 28.9 Å². The number of fused-ring (bicyclic) bond motifs is 1. The Morgan fingerprint density at radius 3 is 2.69 bits per heavy atom. The van der Waals surface area contributed by atoms with Crippen LogP contribution in [0.25, 0.3) is 0 Å². The van der Waals surface area contributed by atoms with E-state index in [1.165, 1.54) is 23.3 Å². The Kier molecular flexibility index (Phi) is 5.33. The number of alkyl halides is 1. The standard InChI is InChI=1S/C22H22ClN3O5S/c1-10-24-25-22(32-10)26-17(12-5-4-6-15(29-2)19(12)30-3)16-18(27)13-9-11(23)7-8-14(13)31-20(16)21(26)28/h4-6,11,13-14,17H,7-9H2,1-3H3. The number of ether oxygens (including phenoxy) is 3. The first-order chi connectivity index (χ1) is 15.4. The summed E-state index contributed by atoms with van der Waals surface area (Å²) in [4.78, 5) is 28.9. The number of hydrogen-bond acceptors (Lipinski definition) is 8. The fraction of sp³-hybridized carbons (Fsp3) is 0.455. The highest BCUT2D eigenvalue weighted by atomic mass is 35.5. The van der Waals surface area contributed by atoms with E-state index in [1.807, 2.05) is 13.0 Å². The molecule has 1 fully saturated rings. The van der Waals surface area contributed by atoms with Crippen molar-refractivity contribution in [3.05, 3.63) is 40.1 Å². The monoisotopic (exact) mass is 475 g/mol. The van der Waals surface area contributed by atoms with Gasteiger partial charge in [-0.05, 0) is 32.3 Å². The molecule has 0 saturated heterocycles. The summed E-state index contributed by atoms with van der Waals surface area (Å²) in [5, 5.41) is 9.29. The molecule has 2 aliphatic heterocycles. The van der Waals surface area contributed by atoms with Gasteiger partial charge >= 0.3 is 0 Å². The average Bonchev–Trinajstić information content (AvgIpc) is 3.34. The van der Waals surface area contributed by atoms with Crippen molar-refractivity contribution < 1.29 is 23.8 Å². The van der Waals surface area contributed by atoms with Gasteiger partial charge in [0.2, 0.25) is 5.13 Å². The van der Waals surface area contributed by atoms with Gasteiger partial charge in [0.05, 0.1) is 25.7 Å². The predicted octanol–water partition coefficient (Wildman–Crippen LogP) is 3.58. The molecule has 10 heteroatoms. The quantitative estimate of drug-likeness (QED) is 0.624. The zero-order chi connectivity index (χ0) is 22.6. The van der Waals surface area contributed by atoms with Crippen LogP contribution in [0.4, 0.5) is 5.13 Å². The third-order valence-electron chi connectivity index (χ3n) is 6.23. The number of methoxy groups -OCH3 is 2. The van der Waals surface area contributed by atoms with Crippen molar-refractivity contribution in [1.29, 1.82) is 0 Å². The van der Waals surface area contributed by atoms with Crippen molar-refractivity contribution in [3.63, 3.8) is 0 Å². The Labute approximate surface area is 194 Å². The molecule has 2 aromatic rings. The van der Waals surface area contributed by atoms with Crippen LogP contribution < -0.4 is 14.4 Å². The van der Waals surface area contributed by atoms with E-state index in [9.17, 15) is 9.59 Å². The molecule has 5 rings (SSSR count). The number of hydrogen-bond donors (Lipinski definition) is 0. The molecule has 0 radical (unpaired) electrons. The lowest BCUT2D eigenvalue weighted by Crippen LogP contribution is -2.41. The molecule has 0 N–H and O–H groups in total. The Bertz CT molecular complexity index is 1130. The third kappa shape index (κ3) is 3.17. The van der Waals surface area contributed by atoms with E-state index in [0.29, 0.717) is 45.6 Å². The summed E-state index contributed by atoms with van der Waals surface area (Å²) in [7, 11) is 3.07. The highest BCUT2D eigenvalue weighted by Crippen LogP contribution is 2.51. The van der Waals surface area contributed by atoms with Crippen molar-refractivity contribution in [1.82, 2.24) is 10.2 Å². The summed E-state index contributed by atoms with van der Waals surface area (Å²) >= 11 is 7.67. The lowest BCUT2D eigenvalue weighted by atomic mass is 9.77. The van der Waals surface area contributed by atoms with Crippen LogP contribution in [0.5, 0.6) is 11.5 Å². The first kappa shape index (κ1) is 21.2. The van der Waals surface area contributed by atoms with Crippen LogP contribution in [0.15, 0.2) is 29.5 Å². The number of rotatable bonds is 4. The average molecular weight is 476 g/mol. The number of para-hydroxylation sites is 1. The number of amides is 1. The van der Waals surface area contributed by atoms with E-state index >= 15 is 0 Å². The molecule has 0 spiro atoms. The number of ketones is 1. The highest BCUT2D eigenvalue weighted by Gasteiger charge is 2.54. The zero-order valence-corrected chi connectivity index (χ0v) is 19.4. The van der Waals surface area contributed by atoms with E-state index in [1.54, 1.807) is 19.2 Å². The highest BCUT2D eigenvalue weighted by molar-refractivity contribution is 7.15. The second kappa shape index (κ2) is 8.04. The minimum absolute atomic E-state index is 0.0882. The number of anilines is 1. The first-order valence-electron chi connectivity index (χ1n) is 10.4. The number of benzene rings is 1. The van der Waals surface area contributed by atoms with Crippen LogP contribution in [-0.4, -0.2) is 47.6 Å². The molecule has 32 heavy (non-hydrogen) atoms. The second-order valence-electron chi connectivity index (χ2n) is 8.04.